The number of fused-ring (bicyclic) bond motifs is 1. The molecule has 4 nitrogen and oxygen atoms in total. The summed E-state index contributed by atoms with van der Waals surface area (Å²) in [4.78, 5) is 24.6. The lowest BCUT2D eigenvalue weighted by molar-refractivity contribution is 0.0252. The van der Waals surface area contributed by atoms with Crippen molar-refractivity contribution in [2.75, 3.05) is 0 Å². The predicted octanol–water partition coefficient (Wildman–Crippen LogP) is 3.67. The second-order valence-corrected chi connectivity index (χ2v) is 6.16. The van der Waals surface area contributed by atoms with Gasteiger partial charge in [-0.15, -0.1) is 0 Å². The molecule has 0 fully saturated rings. The van der Waals surface area contributed by atoms with E-state index in [1.807, 2.05) is 50.2 Å². The summed E-state index contributed by atoms with van der Waals surface area (Å²) in [5.41, 5.74) is 2.95. The number of esters is 1. The Labute approximate surface area is 141 Å². The second-order valence-electron chi connectivity index (χ2n) is 6.16. The number of hydrogen-bond donors (Lipinski definition) is 1. The molecule has 0 spiro atoms. The molecule has 4 heteroatoms. The van der Waals surface area contributed by atoms with Gasteiger partial charge in [-0.05, 0) is 42.7 Å². The molecular formula is C20H21NO3. The fourth-order valence-corrected chi connectivity index (χ4v) is 2.80. The molecule has 0 unspecified atom stereocenters. The largest absolute Gasteiger partial charge is 0.454 e. The van der Waals surface area contributed by atoms with Crippen molar-refractivity contribution < 1.29 is 14.3 Å². The van der Waals surface area contributed by atoms with E-state index in [0.717, 1.165) is 17.5 Å². The number of amides is 1. The number of nitrogens with one attached hydrogen (secondary N) is 1. The Bertz CT molecular complexity index is 755. The molecule has 1 aliphatic heterocycles. The molecule has 2 aromatic rings. The Morgan fingerprint density at radius 1 is 1.25 bits per heavy atom. The normalized spacial score (nSPS) is 17.6. The van der Waals surface area contributed by atoms with Crippen molar-refractivity contribution in [3.8, 4) is 0 Å². The van der Waals surface area contributed by atoms with E-state index in [4.69, 9.17) is 4.74 Å². The molecule has 3 rings (SSSR count). The SMILES string of the molecule is CC[C@@H](C)NC(=O)c1ccc2c(c1)C[C@@H](c1ccccc1)OC2=O. The monoisotopic (exact) mass is 323 g/mol. The summed E-state index contributed by atoms with van der Waals surface area (Å²) < 4.78 is 5.54. The summed E-state index contributed by atoms with van der Waals surface area (Å²) in [6.45, 7) is 4.00. The Morgan fingerprint density at radius 3 is 2.71 bits per heavy atom. The predicted molar refractivity (Wildman–Crippen MR) is 92.0 cm³/mol. The highest BCUT2D eigenvalue weighted by Gasteiger charge is 2.28. The van der Waals surface area contributed by atoms with E-state index in [-0.39, 0.29) is 24.0 Å². The van der Waals surface area contributed by atoms with Crippen LogP contribution in [0.5, 0.6) is 0 Å². The highest BCUT2D eigenvalue weighted by molar-refractivity contribution is 5.97. The van der Waals surface area contributed by atoms with Crippen LogP contribution in [0.4, 0.5) is 0 Å². The molecule has 1 aliphatic rings. The first-order chi connectivity index (χ1) is 11.6. The number of carbonyl (C=O) groups is 2. The Hall–Kier alpha value is -2.62. The molecule has 0 aromatic heterocycles. The number of ether oxygens (including phenoxy) is 1. The summed E-state index contributed by atoms with van der Waals surface area (Å²) in [5, 5.41) is 2.95. The lowest BCUT2D eigenvalue weighted by Gasteiger charge is -2.25. The third-order valence-electron chi connectivity index (χ3n) is 4.40. The van der Waals surface area contributed by atoms with Crippen LogP contribution in [0, 0.1) is 0 Å². The van der Waals surface area contributed by atoms with Gasteiger partial charge in [-0.3, -0.25) is 4.79 Å². The van der Waals surface area contributed by atoms with Gasteiger partial charge in [-0.25, -0.2) is 4.79 Å². The van der Waals surface area contributed by atoms with Crippen molar-refractivity contribution >= 4 is 11.9 Å². The average Bonchev–Trinajstić information content (AvgIpc) is 2.61. The zero-order chi connectivity index (χ0) is 17.1. The third-order valence-corrected chi connectivity index (χ3v) is 4.40. The smallest absolute Gasteiger partial charge is 0.339 e. The van der Waals surface area contributed by atoms with Crippen LogP contribution >= 0.6 is 0 Å². The van der Waals surface area contributed by atoms with E-state index in [9.17, 15) is 9.59 Å². The molecule has 24 heavy (non-hydrogen) atoms. The Kier molecular flexibility index (Phi) is 4.65. The van der Waals surface area contributed by atoms with Crippen LogP contribution in [-0.2, 0) is 11.2 Å². The van der Waals surface area contributed by atoms with E-state index >= 15 is 0 Å². The lowest BCUT2D eigenvalue weighted by atomic mass is 9.93. The molecule has 2 aromatic carbocycles. The number of carbonyl (C=O) groups excluding carboxylic acids is 2. The summed E-state index contributed by atoms with van der Waals surface area (Å²) in [6.07, 6.45) is 1.15. The standard InChI is InChI=1S/C20H21NO3/c1-3-13(2)21-19(22)15-9-10-17-16(11-15)12-18(24-20(17)23)14-7-5-4-6-8-14/h4-11,13,18H,3,12H2,1-2H3,(H,21,22)/t13-,18+/m1/s1. The van der Waals surface area contributed by atoms with Crippen molar-refractivity contribution in [2.45, 2.75) is 38.8 Å². The van der Waals surface area contributed by atoms with E-state index in [1.165, 1.54) is 0 Å². The highest BCUT2D eigenvalue weighted by atomic mass is 16.5. The van der Waals surface area contributed by atoms with Gasteiger partial charge < -0.3 is 10.1 Å². The van der Waals surface area contributed by atoms with Crippen molar-refractivity contribution in [1.82, 2.24) is 5.32 Å². The van der Waals surface area contributed by atoms with E-state index in [2.05, 4.69) is 5.32 Å². The minimum atomic E-state index is -0.334. The van der Waals surface area contributed by atoms with Gasteiger partial charge in [0.25, 0.3) is 5.91 Å². The van der Waals surface area contributed by atoms with Crippen LogP contribution < -0.4 is 5.32 Å². The maximum Gasteiger partial charge on any atom is 0.339 e. The molecule has 0 bridgehead atoms. The van der Waals surface area contributed by atoms with Gasteiger partial charge in [0, 0.05) is 18.0 Å². The van der Waals surface area contributed by atoms with Gasteiger partial charge in [0.1, 0.15) is 6.10 Å². The maximum absolute atomic E-state index is 12.3. The number of cyclic esters (lactones) is 1. The minimum absolute atomic E-state index is 0.109. The van der Waals surface area contributed by atoms with E-state index in [0.29, 0.717) is 17.5 Å². The van der Waals surface area contributed by atoms with E-state index < -0.39 is 0 Å². The van der Waals surface area contributed by atoms with Crippen molar-refractivity contribution in [1.29, 1.82) is 0 Å². The number of hydrogen-bond acceptors (Lipinski definition) is 3. The molecule has 0 saturated carbocycles. The fourth-order valence-electron chi connectivity index (χ4n) is 2.80. The minimum Gasteiger partial charge on any atom is -0.454 e. The van der Waals surface area contributed by atoms with Gasteiger partial charge in [0.15, 0.2) is 0 Å². The molecule has 1 N–H and O–H groups in total. The molecule has 2 atom stereocenters. The number of benzene rings is 2. The lowest BCUT2D eigenvalue weighted by Crippen LogP contribution is -2.32. The van der Waals surface area contributed by atoms with Gasteiger partial charge in [-0.1, -0.05) is 37.3 Å². The first-order valence-electron chi connectivity index (χ1n) is 8.28. The van der Waals surface area contributed by atoms with Gasteiger partial charge in [0.2, 0.25) is 0 Å². The van der Waals surface area contributed by atoms with Crippen LogP contribution in [0.25, 0.3) is 0 Å². The Balaban J connectivity index is 1.86. The van der Waals surface area contributed by atoms with Crippen molar-refractivity contribution in [2.24, 2.45) is 0 Å². The van der Waals surface area contributed by atoms with Crippen LogP contribution in [-0.4, -0.2) is 17.9 Å². The van der Waals surface area contributed by atoms with E-state index in [1.54, 1.807) is 12.1 Å². The van der Waals surface area contributed by atoms with Crippen LogP contribution in [0.2, 0.25) is 0 Å². The topological polar surface area (TPSA) is 55.4 Å². The number of rotatable bonds is 4. The molecule has 0 radical (unpaired) electrons. The van der Waals surface area contributed by atoms with Crippen LogP contribution in [0.15, 0.2) is 48.5 Å². The van der Waals surface area contributed by atoms with Gasteiger partial charge in [-0.2, -0.15) is 0 Å². The average molecular weight is 323 g/mol. The first kappa shape index (κ1) is 16.2. The van der Waals surface area contributed by atoms with Crippen molar-refractivity contribution in [3.63, 3.8) is 0 Å². The molecule has 1 heterocycles. The zero-order valence-electron chi connectivity index (χ0n) is 13.9. The second kappa shape index (κ2) is 6.87. The summed E-state index contributed by atoms with van der Waals surface area (Å²) in [5.74, 6) is -0.443. The van der Waals surface area contributed by atoms with Crippen molar-refractivity contribution in [3.05, 3.63) is 70.8 Å². The fraction of sp³-hybridized carbons (Fsp3) is 0.300. The molecule has 1 amide bonds. The van der Waals surface area contributed by atoms with Gasteiger partial charge in [0.05, 0.1) is 5.56 Å². The maximum atomic E-state index is 12.3. The quantitative estimate of drug-likeness (QED) is 0.874. The highest BCUT2D eigenvalue weighted by Crippen LogP contribution is 2.31. The van der Waals surface area contributed by atoms with Crippen LogP contribution in [0.3, 0.4) is 0 Å². The van der Waals surface area contributed by atoms with Crippen LogP contribution in [0.1, 0.15) is 58.2 Å². The summed E-state index contributed by atoms with van der Waals surface area (Å²) >= 11 is 0. The van der Waals surface area contributed by atoms with Gasteiger partial charge >= 0.3 is 5.97 Å². The molecular weight excluding hydrogens is 302 g/mol. The molecule has 124 valence electrons. The Morgan fingerprint density at radius 2 is 2.00 bits per heavy atom. The molecule has 0 saturated heterocycles. The first-order valence-corrected chi connectivity index (χ1v) is 8.28. The third kappa shape index (κ3) is 3.32. The molecule has 0 aliphatic carbocycles. The summed E-state index contributed by atoms with van der Waals surface area (Å²) in [7, 11) is 0. The zero-order valence-corrected chi connectivity index (χ0v) is 13.9. The summed E-state index contributed by atoms with van der Waals surface area (Å²) in [6, 6.07) is 15.0.